The molecule has 0 atom stereocenters. The highest BCUT2D eigenvalue weighted by molar-refractivity contribution is 7.85. The van der Waals surface area contributed by atoms with Gasteiger partial charge in [0.1, 0.15) is 0 Å². The van der Waals surface area contributed by atoms with Crippen molar-refractivity contribution in [3.8, 4) is 0 Å². The summed E-state index contributed by atoms with van der Waals surface area (Å²) in [5.41, 5.74) is 2.06. The summed E-state index contributed by atoms with van der Waals surface area (Å²) < 4.78 is 29.6. The van der Waals surface area contributed by atoms with E-state index in [0.717, 1.165) is 11.3 Å². The number of hydrogen-bond acceptors (Lipinski definition) is 3. The zero-order valence-corrected chi connectivity index (χ0v) is 13.2. The summed E-state index contributed by atoms with van der Waals surface area (Å²) in [4.78, 5) is 4.14. The van der Waals surface area contributed by atoms with Crippen molar-refractivity contribution in [3.63, 3.8) is 0 Å². The molecule has 0 saturated heterocycles. The molecule has 0 spiro atoms. The average Bonchev–Trinajstić information content (AvgIpc) is 2.48. The predicted molar refractivity (Wildman–Crippen MR) is 87.5 cm³/mol. The molecule has 1 heterocycles. The molecule has 0 fully saturated rings. The van der Waals surface area contributed by atoms with Gasteiger partial charge in [-0.2, -0.15) is 8.42 Å². The zero-order valence-electron chi connectivity index (χ0n) is 12.4. The summed E-state index contributed by atoms with van der Waals surface area (Å²) in [6.45, 7) is 3.87. The van der Waals surface area contributed by atoms with Gasteiger partial charge in [0.25, 0.3) is 10.1 Å². The Hall–Kier alpha value is -2.24. The third-order valence-corrected chi connectivity index (χ3v) is 4.06. The van der Waals surface area contributed by atoms with E-state index in [2.05, 4.69) is 17.1 Å². The number of aryl methyl sites for hydroxylation is 2. The van der Waals surface area contributed by atoms with E-state index < -0.39 is 10.1 Å². The number of pyridine rings is 1. The van der Waals surface area contributed by atoms with Gasteiger partial charge in [0, 0.05) is 17.3 Å². The fourth-order valence-electron chi connectivity index (χ4n) is 1.98. The van der Waals surface area contributed by atoms with Gasteiger partial charge in [-0.15, -0.1) is 0 Å². The number of aromatic nitrogens is 1. The SMILES string of the molecule is Cc1ccc(S(=O)(=O)O)cc1.Cc1nccc2ccccc12. The van der Waals surface area contributed by atoms with Gasteiger partial charge in [-0.1, -0.05) is 42.0 Å². The van der Waals surface area contributed by atoms with E-state index in [0.29, 0.717) is 0 Å². The van der Waals surface area contributed by atoms with Crippen LogP contribution < -0.4 is 0 Å². The van der Waals surface area contributed by atoms with Gasteiger partial charge < -0.3 is 0 Å². The molecule has 4 nitrogen and oxygen atoms in total. The van der Waals surface area contributed by atoms with E-state index in [1.165, 1.54) is 22.9 Å². The van der Waals surface area contributed by atoms with Gasteiger partial charge in [-0.25, -0.2) is 0 Å². The maximum atomic E-state index is 10.5. The van der Waals surface area contributed by atoms with E-state index in [9.17, 15) is 8.42 Å². The fourth-order valence-corrected chi connectivity index (χ4v) is 2.46. The second kappa shape index (κ2) is 6.68. The minimum Gasteiger partial charge on any atom is -0.282 e. The standard InChI is InChI=1S/C10H9N.C7H8O3S/c1-8-10-5-3-2-4-9(10)6-7-11-8;1-6-2-4-7(5-3-6)11(8,9)10/h2-7H,1H3;2-5H,1H3,(H,8,9,10). The van der Waals surface area contributed by atoms with E-state index in [1.54, 1.807) is 12.1 Å². The third-order valence-electron chi connectivity index (χ3n) is 3.19. The third kappa shape index (κ3) is 4.13. The van der Waals surface area contributed by atoms with Crippen molar-refractivity contribution in [2.75, 3.05) is 0 Å². The lowest BCUT2D eigenvalue weighted by Gasteiger charge is -1.97. The van der Waals surface area contributed by atoms with Crippen LogP contribution in [0.25, 0.3) is 10.8 Å². The van der Waals surface area contributed by atoms with Gasteiger partial charge >= 0.3 is 0 Å². The number of hydrogen-bond donors (Lipinski definition) is 1. The predicted octanol–water partition coefficient (Wildman–Crippen LogP) is 3.78. The van der Waals surface area contributed by atoms with Crippen LogP contribution in [0.3, 0.4) is 0 Å². The second-order valence-electron chi connectivity index (χ2n) is 4.91. The van der Waals surface area contributed by atoms with Crippen LogP contribution in [0.5, 0.6) is 0 Å². The topological polar surface area (TPSA) is 67.3 Å². The molecule has 1 aromatic heterocycles. The Kier molecular flexibility index (Phi) is 4.90. The smallest absolute Gasteiger partial charge is 0.282 e. The lowest BCUT2D eigenvalue weighted by molar-refractivity contribution is 0.483. The lowest BCUT2D eigenvalue weighted by atomic mass is 10.1. The first kappa shape index (κ1) is 16.1. The molecule has 0 bridgehead atoms. The van der Waals surface area contributed by atoms with Crippen LogP contribution in [0, 0.1) is 13.8 Å². The Morgan fingerprint density at radius 2 is 1.55 bits per heavy atom. The number of benzene rings is 2. The molecule has 1 N–H and O–H groups in total. The molecular formula is C17H17NO3S. The summed E-state index contributed by atoms with van der Waals surface area (Å²) in [7, 11) is -4.02. The second-order valence-corrected chi connectivity index (χ2v) is 6.33. The maximum Gasteiger partial charge on any atom is 0.294 e. The maximum absolute atomic E-state index is 10.5. The van der Waals surface area contributed by atoms with Crippen LogP contribution in [0.4, 0.5) is 0 Å². The normalized spacial score (nSPS) is 10.9. The molecule has 5 heteroatoms. The summed E-state index contributed by atoms with van der Waals surface area (Å²) in [6.07, 6.45) is 1.84. The van der Waals surface area contributed by atoms with Crippen LogP contribution in [0.15, 0.2) is 65.7 Å². The van der Waals surface area contributed by atoms with Gasteiger partial charge in [0.05, 0.1) is 4.90 Å². The summed E-state index contributed by atoms with van der Waals surface area (Å²) >= 11 is 0. The molecule has 0 saturated carbocycles. The zero-order chi connectivity index (χ0) is 16.2. The number of fused-ring (bicyclic) bond motifs is 1. The van der Waals surface area contributed by atoms with Crippen LogP contribution in [-0.2, 0) is 10.1 Å². The minimum absolute atomic E-state index is 0.0666. The van der Waals surface area contributed by atoms with Crippen LogP contribution in [0.1, 0.15) is 11.3 Å². The first-order valence-electron chi connectivity index (χ1n) is 6.72. The first-order valence-corrected chi connectivity index (χ1v) is 8.16. The van der Waals surface area contributed by atoms with Crippen LogP contribution in [-0.4, -0.2) is 18.0 Å². The van der Waals surface area contributed by atoms with Crippen molar-refractivity contribution in [1.82, 2.24) is 4.98 Å². The number of rotatable bonds is 1. The summed E-state index contributed by atoms with van der Waals surface area (Å²) in [5, 5.41) is 2.51. The fraction of sp³-hybridized carbons (Fsp3) is 0.118. The van der Waals surface area contributed by atoms with E-state index >= 15 is 0 Å². The molecule has 0 aliphatic rings. The Morgan fingerprint density at radius 1 is 0.909 bits per heavy atom. The Morgan fingerprint density at radius 3 is 2.14 bits per heavy atom. The van der Waals surface area contributed by atoms with Crippen LogP contribution >= 0.6 is 0 Å². The van der Waals surface area contributed by atoms with E-state index in [-0.39, 0.29) is 4.90 Å². The van der Waals surface area contributed by atoms with Gasteiger partial charge in [0.2, 0.25) is 0 Å². The minimum atomic E-state index is -4.02. The van der Waals surface area contributed by atoms with Gasteiger partial charge in [-0.05, 0) is 37.4 Å². The van der Waals surface area contributed by atoms with Crippen molar-refractivity contribution in [2.24, 2.45) is 0 Å². The summed E-state index contributed by atoms with van der Waals surface area (Å²) in [5.74, 6) is 0. The van der Waals surface area contributed by atoms with Crippen molar-refractivity contribution < 1.29 is 13.0 Å². The summed E-state index contributed by atoms with van der Waals surface area (Å²) in [6, 6.07) is 16.3. The first-order chi connectivity index (χ1) is 10.4. The quantitative estimate of drug-likeness (QED) is 0.694. The molecule has 0 aliphatic heterocycles. The number of nitrogens with zero attached hydrogens (tertiary/aromatic N) is 1. The molecule has 0 aliphatic carbocycles. The highest BCUT2D eigenvalue weighted by atomic mass is 32.2. The Balaban J connectivity index is 0.000000160. The lowest BCUT2D eigenvalue weighted by Crippen LogP contribution is -1.96. The monoisotopic (exact) mass is 315 g/mol. The van der Waals surface area contributed by atoms with Crippen molar-refractivity contribution in [1.29, 1.82) is 0 Å². The largest absolute Gasteiger partial charge is 0.294 e. The molecule has 0 radical (unpaired) electrons. The molecule has 0 amide bonds. The van der Waals surface area contributed by atoms with Gasteiger partial charge in [-0.3, -0.25) is 9.54 Å². The van der Waals surface area contributed by atoms with E-state index in [1.807, 2.05) is 38.2 Å². The molecular weight excluding hydrogens is 298 g/mol. The highest BCUT2D eigenvalue weighted by Gasteiger charge is 2.06. The van der Waals surface area contributed by atoms with Crippen molar-refractivity contribution in [2.45, 2.75) is 18.7 Å². The van der Waals surface area contributed by atoms with Gasteiger partial charge in [0.15, 0.2) is 0 Å². The molecule has 0 unspecified atom stereocenters. The van der Waals surface area contributed by atoms with Crippen molar-refractivity contribution in [3.05, 3.63) is 72.1 Å². The Bertz CT molecular complexity index is 867. The van der Waals surface area contributed by atoms with E-state index in [4.69, 9.17) is 4.55 Å². The Labute approximate surface area is 130 Å². The average molecular weight is 315 g/mol. The highest BCUT2D eigenvalue weighted by Crippen LogP contribution is 2.14. The molecule has 3 aromatic rings. The van der Waals surface area contributed by atoms with Crippen molar-refractivity contribution >= 4 is 20.9 Å². The molecule has 22 heavy (non-hydrogen) atoms. The van der Waals surface area contributed by atoms with Crippen LogP contribution in [0.2, 0.25) is 0 Å². The molecule has 114 valence electrons. The molecule has 2 aromatic carbocycles. The molecule has 3 rings (SSSR count).